The van der Waals surface area contributed by atoms with Gasteiger partial charge in [-0.1, -0.05) is 12.1 Å². The third-order valence-electron chi connectivity index (χ3n) is 4.69. The number of phosphoric acid groups is 1. The van der Waals surface area contributed by atoms with Crippen molar-refractivity contribution >= 4 is 13.6 Å². The number of phosphoric ester groups is 1. The summed E-state index contributed by atoms with van der Waals surface area (Å²) in [6, 6.07) is 5.85. The van der Waals surface area contributed by atoms with Crippen LogP contribution in [0.3, 0.4) is 0 Å². The molecule has 0 saturated carbocycles. The van der Waals surface area contributed by atoms with Gasteiger partial charge in [0.1, 0.15) is 17.5 Å². The molecule has 2 aromatic carbocycles. The molecule has 0 saturated heterocycles. The Morgan fingerprint density at radius 1 is 1.00 bits per heavy atom. The van der Waals surface area contributed by atoms with Crippen LogP contribution in [-0.2, 0) is 21.8 Å². The second kappa shape index (κ2) is 13.2. The maximum Gasteiger partial charge on any atom is 1.00 e. The van der Waals surface area contributed by atoms with E-state index in [1.165, 1.54) is 0 Å². The Morgan fingerprint density at radius 2 is 1.56 bits per heavy atom. The average molecular weight is 552 g/mol. The molecule has 0 aliphatic carbocycles. The van der Waals surface area contributed by atoms with Crippen LogP contribution in [0.2, 0.25) is 0 Å². The summed E-state index contributed by atoms with van der Waals surface area (Å²) in [4.78, 5) is 34.6. The van der Waals surface area contributed by atoms with Crippen molar-refractivity contribution < 1.29 is 109 Å². The van der Waals surface area contributed by atoms with Gasteiger partial charge in [-0.2, -0.15) is 18.3 Å². The van der Waals surface area contributed by atoms with Gasteiger partial charge >= 0.3 is 65.3 Å². The second-order valence-electron chi connectivity index (χ2n) is 6.96. The molecule has 3 aromatic rings. The second-order valence-corrected chi connectivity index (χ2v) is 8.11. The molecule has 36 heavy (non-hydrogen) atoms. The molecular formula is C20H13F6N2Na2O5P. The van der Waals surface area contributed by atoms with Gasteiger partial charge in [0.2, 0.25) is 0 Å². The summed E-state index contributed by atoms with van der Waals surface area (Å²) in [6.45, 7) is -1.93. The summed E-state index contributed by atoms with van der Waals surface area (Å²) in [6.07, 6.45) is -3.85. The number of carbonyl (C=O) groups is 1. The van der Waals surface area contributed by atoms with Gasteiger partial charge in [0.05, 0.1) is 43.7 Å². The normalized spacial score (nSPS) is 12.4. The van der Waals surface area contributed by atoms with Crippen molar-refractivity contribution in [3.8, 4) is 0 Å². The molecule has 0 radical (unpaired) electrons. The van der Waals surface area contributed by atoms with Crippen LogP contribution in [0, 0.1) is 17.5 Å². The van der Waals surface area contributed by atoms with E-state index in [4.69, 9.17) is 0 Å². The van der Waals surface area contributed by atoms with Crippen LogP contribution in [0.1, 0.15) is 33.1 Å². The minimum atomic E-state index is -5.62. The maximum absolute atomic E-state index is 14.1. The quantitative estimate of drug-likeness (QED) is 0.129. The first-order chi connectivity index (χ1) is 15.8. The van der Waals surface area contributed by atoms with Crippen molar-refractivity contribution in [2.24, 2.45) is 0 Å². The number of aromatic nitrogens is 2. The molecule has 0 bridgehead atoms. The van der Waals surface area contributed by atoms with Crippen LogP contribution < -0.4 is 68.9 Å². The van der Waals surface area contributed by atoms with Crippen molar-refractivity contribution in [1.82, 2.24) is 9.78 Å². The van der Waals surface area contributed by atoms with Gasteiger partial charge in [0.15, 0.2) is 5.78 Å². The van der Waals surface area contributed by atoms with Crippen molar-refractivity contribution in [3.05, 3.63) is 88.5 Å². The van der Waals surface area contributed by atoms with Crippen LogP contribution in [0.4, 0.5) is 26.3 Å². The van der Waals surface area contributed by atoms with Crippen molar-refractivity contribution in [1.29, 1.82) is 0 Å². The fourth-order valence-corrected chi connectivity index (χ4v) is 3.50. The Morgan fingerprint density at radius 3 is 2.11 bits per heavy atom. The standard InChI is InChI=1S/C20H15F6N2O5P.2Na/c21-14-4-1-3-13(20(24,25)26)11(14)9-28-8-7-17(27-28)12(10-33-34(30,31)32)19(29)18-15(22)5-2-6-16(18)23;;/h1-8,12H,9-10H2,(H2,30,31,32);;/q;2*+1/p-2. The number of alkyl halides is 3. The maximum atomic E-state index is 14.1. The molecule has 3 rings (SSSR count). The number of nitrogens with zero attached hydrogens (tertiary/aromatic N) is 2. The van der Waals surface area contributed by atoms with Crippen LogP contribution in [0.25, 0.3) is 0 Å². The smallest absolute Gasteiger partial charge is 0.790 e. The van der Waals surface area contributed by atoms with Crippen molar-refractivity contribution in [2.75, 3.05) is 6.61 Å². The number of hydrogen-bond acceptors (Lipinski definition) is 6. The van der Waals surface area contributed by atoms with Gasteiger partial charge in [-0.3, -0.25) is 9.48 Å². The van der Waals surface area contributed by atoms with Crippen molar-refractivity contribution in [2.45, 2.75) is 18.6 Å². The van der Waals surface area contributed by atoms with Gasteiger partial charge in [-0.25, -0.2) is 13.2 Å². The van der Waals surface area contributed by atoms with Crippen LogP contribution in [-0.4, -0.2) is 22.2 Å². The van der Waals surface area contributed by atoms with E-state index in [-0.39, 0.29) is 64.8 Å². The van der Waals surface area contributed by atoms with Gasteiger partial charge in [-0.15, -0.1) is 0 Å². The average Bonchev–Trinajstić information content (AvgIpc) is 3.16. The molecule has 1 atom stereocenters. The number of benzene rings is 2. The predicted molar refractivity (Wildman–Crippen MR) is 99.7 cm³/mol. The van der Waals surface area contributed by atoms with Gasteiger partial charge in [0.25, 0.3) is 0 Å². The topological polar surface area (TPSA) is 107 Å². The first kappa shape index (κ1) is 33.0. The van der Waals surface area contributed by atoms with E-state index in [0.29, 0.717) is 6.07 Å². The SMILES string of the molecule is O=C(c1c(F)cccc1F)C(COP(=O)([O-])[O-])c1ccn(Cc2c(F)cccc2C(F)(F)F)n1.[Na+].[Na+]. The zero-order valence-electron chi connectivity index (χ0n) is 18.8. The van der Waals surface area contributed by atoms with Crippen LogP contribution in [0.5, 0.6) is 0 Å². The molecule has 16 heteroatoms. The molecule has 0 aliphatic heterocycles. The van der Waals surface area contributed by atoms with Crippen molar-refractivity contribution in [3.63, 3.8) is 0 Å². The summed E-state index contributed by atoms with van der Waals surface area (Å²) in [5.74, 6) is -6.93. The summed E-state index contributed by atoms with van der Waals surface area (Å²) in [5, 5.41) is 3.82. The number of ketones is 1. The molecular weight excluding hydrogens is 539 g/mol. The van der Waals surface area contributed by atoms with E-state index in [0.717, 1.165) is 47.3 Å². The minimum absolute atomic E-state index is 0. The third kappa shape index (κ3) is 8.26. The van der Waals surface area contributed by atoms with E-state index in [9.17, 15) is 45.5 Å². The molecule has 182 valence electrons. The molecule has 1 heterocycles. The van der Waals surface area contributed by atoms with Crippen LogP contribution >= 0.6 is 7.82 Å². The summed E-state index contributed by atoms with van der Waals surface area (Å²) in [7, 11) is -5.62. The predicted octanol–water partition coefficient (Wildman–Crippen LogP) is -2.81. The fourth-order valence-electron chi connectivity index (χ4n) is 3.17. The molecule has 0 spiro atoms. The summed E-state index contributed by atoms with van der Waals surface area (Å²) in [5.41, 5.74) is -3.49. The monoisotopic (exact) mass is 552 g/mol. The van der Waals surface area contributed by atoms with E-state index in [1.54, 1.807) is 0 Å². The van der Waals surface area contributed by atoms with Crippen LogP contribution in [0.15, 0.2) is 48.7 Å². The largest absolute Gasteiger partial charge is 1.00 e. The number of carbonyl (C=O) groups excluding carboxylic acids is 1. The molecule has 0 amide bonds. The molecule has 0 N–H and O–H groups in total. The zero-order valence-corrected chi connectivity index (χ0v) is 23.7. The Hall–Kier alpha value is -0.990. The third-order valence-corrected chi connectivity index (χ3v) is 5.15. The van der Waals surface area contributed by atoms with Gasteiger partial charge < -0.3 is 18.9 Å². The van der Waals surface area contributed by atoms with E-state index in [2.05, 4.69) is 9.62 Å². The van der Waals surface area contributed by atoms with Gasteiger partial charge in [-0.05, 0) is 30.3 Å². The number of halogens is 6. The Kier molecular flexibility index (Phi) is 12.1. The Balaban J connectivity index is 0.00000324. The molecule has 7 nitrogen and oxygen atoms in total. The number of hydrogen-bond donors (Lipinski definition) is 0. The van der Waals surface area contributed by atoms with E-state index in [1.807, 2.05) is 0 Å². The Labute approximate surface area is 244 Å². The minimum Gasteiger partial charge on any atom is -0.790 e. The molecule has 1 unspecified atom stereocenters. The molecule has 1 aromatic heterocycles. The Bertz CT molecular complexity index is 1250. The zero-order chi connectivity index (χ0) is 25.3. The van der Waals surface area contributed by atoms with E-state index < -0.39 is 73.0 Å². The molecule has 0 aliphatic rings. The fraction of sp³-hybridized carbons (Fsp3) is 0.200. The summed E-state index contributed by atoms with van der Waals surface area (Å²) >= 11 is 0. The molecule has 0 fully saturated rings. The first-order valence-corrected chi connectivity index (χ1v) is 10.8. The van der Waals surface area contributed by atoms with E-state index >= 15 is 0 Å². The number of Topliss-reactive ketones (excluding diaryl/α,β-unsaturated/α-hetero) is 1. The first-order valence-electron chi connectivity index (χ1n) is 9.30. The summed E-state index contributed by atoms with van der Waals surface area (Å²) < 4.78 is 97.8. The number of rotatable bonds is 8. The van der Waals surface area contributed by atoms with Gasteiger partial charge in [0, 0.05) is 11.8 Å².